The van der Waals surface area contributed by atoms with Gasteiger partial charge in [0.15, 0.2) is 17.7 Å². The van der Waals surface area contributed by atoms with Crippen LogP contribution in [0.5, 0.6) is 5.75 Å². The molecule has 0 amide bonds. The lowest BCUT2D eigenvalue weighted by Crippen LogP contribution is -2.40. The van der Waals surface area contributed by atoms with Gasteiger partial charge in [-0.15, -0.1) is 0 Å². The highest BCUT2D eigenvalue weighted by Crippen LogP contribution is 2.51. The van der Waals surface area contributed by atoms with E-state index >= 15 is 0 Å². The molecule has 0 aromatic heterocycles. The molecule has 25 heavy (non-hydrogen) atoms. The normalized spacial score (nSPS) is 29.1. The van der Waals surface area contributed by atoms with Gasteiger partial charge < -0.3 is 14.2 Å². The third kappa shape index (κ3) is 3.19. The van der Waals surface area contributed by atoms with Gasteiger partial charge in [0, 0.05) is 17.4 Å². The number of halogens is 4. The van der Waals surface area contributed by atoms with E-state index in [9.17, 15) is 22.4 Å². The number of hydrogen-bond acceptors (Lipinski definition) is 4. The minimum atomic E-state index is -2.89. The van der Waals surface area contributed by atoms with E-state index in [2.05, 4.69) is 0 Å². The molecule has 0 saturated carbocycles. The van der Waals surface area contributed by atoms with Crippen molar-refractivity contribution in [1.82, 2.24) is 0 Å². The fourth-order valence-electron chi connectivity index (χ4n) is 3.19. The van der Waals surface area contributed by atoms with Crippen molar-refractivity contribution < 1.29 is 36.6 Å². The van der Waals surface area contributed by atoms with Crippen molar-refractivity contribution in [2.45, 2.75) is 44.8 Å². The number of benzene rings is 1. The van der Waals surface area contributed by atoms with E-state index in [1.807, 2.05) is 0 Å². The SMILES string of the molecule is CCOC(=O)C1OC(C)(C(F)F)C(C)C1c1ccc(F)c(F)c1OC. The summed E-state index contributed by atoms with van der Waals surface area (Å²) in [5.74, 6) is -5.54. The van der Waals surface area contributed by atoms with Gasteiger partial charge in [-0.2, -0.15) is 4.39 Å². The predicted molar refractivity (Wildman–Crippen MR) is 80.7 cm³/mol. The second-order valence-corrected chi connectivity index (χ2v) is 6.07. The molecule has 4 unspecified atom stereocenters. The van der Waals surface area contributed by atoms with Crippen molar-refractivity contribution in [2.75, 3.05) is 13.7 Å². The van der Waals surface area contributed by atoms with Crippen LogP contribution in [0.15, 0.2) is 12.1 Å². The Kier molecular flexibility index (Phi) is 5.61. The second-order valence-electron chi connectivity index (χ2n) is 6.07. The van der Waals surface area contributed by atoms with Gasteiger partial charge in [-0.1, -0.05) is 13.0 Å². The van der Waals surface area contributed by atoms with Gasteiger partial charge in [-0.3, -0.25) is 0 Å². The number of ether oxygens (including phenoxy) is 3. The molecule has 1 aliphatic heterocycles. The maximum atomic E-state index is 14.1. The largest absolute Gasteiger partial charge is 0.493 e. The molecule has 1 fully saturated rings. The molecular formula is C17H20F4O4. The van der Waals surface area contributed by atoms with Crippen molar-refractivity contribution in [1.29, 1.82) is 0 Å². The lowest BCUT2D eigenvalue weighted by Gasteiger charge is -2.28. The zero-order chi connectivity index (χ0) is 18.9. The summed E-state index contributed by atoms with van der Waals surface area (Å²) in [6.07, 6.45) is -4.27. The monoisotopic (exact) mass is 364 g/mol. The summed E-state index contributed by atoms with van der Waals surface area (Å²) in [6.45, 7) is 4.24. The Bertz CT molecular complexity index is 652. The summed E-state index contributed by atoms with van der Waals surface area (Å²) in [5.41, 5.74) is -1.87. The van der Waals surface area contributed by atoms with Crippen LogP contribution in [0.2, 0.25) is 0 Å². The van der Waals surface area contributed by atoms with Crippen molar-refractivity contribution >= 4 is 5.97 Å². The average Bonchev–Trinajstić information content (AvgIpc) is 2.83. The van der Waals surface area contributed by atoms with Crippen molar-refractivity contribution in [3.63, 3.8) is 0 Å². The van der Waals surface area contributed by atoms with E-state index in [1.54, 1.807) is 6.92 Å². The third-order valence-corrected chi connectivity index (χ3v) is 4.75. The standard InChI is InChI=1S/C17H20F4O4/c1-5-24-15(22)14-11(8(2)17(3,25-14)16(20)21)9-6-7-10(18)12(19)13(9)23-4/h6-8,11,14,16H,5H2,1-4H3. The van der Waals surface area contributed by atoms with Crippen molar-refractivity contribution in [3.05, 3.63) is 29.3 Å². The minimum Gasteiger partial charge on any atom is -0.493 e. The molecule has 1 aromatic rings. The van der Waals surface area contributed by atoms with Gasteiger partial charge in [0.05, 0.1) is 13.7 Å². The fourth-order valence-corrected chi connectivity index (χ4v) is 3.19. The summed E-state index contributed by atoms with van der Waals surface area (Å²) in [7, 11) is 1.13. The predicted octanol–water partition coefficient (Wildman–Crippen LogP) is 3.68. The molecular weight excluding hydrogens is 344 g/mol. The first kappa shape index (κ1) is 19.5. The third-order valence-electron chi connectivity index (χ3n) is 4.75. The first-order chi connectivity index (χ1) is 11.7. The molecule has 8 heteroatoms. The molecule has 1 saturated heterocycles. The Morgan fingerprint density at radius 2 is 2.00 bits per heavy atom. The molecule has 0 spiro atoms. The molecule has 0 N–H and O–H groups in total. The first-order valence-electron chi connectivity index (χ1n) is 7.83. The van der Waals surface area contributed by atoms with Crippen molar-refractivity contribution in [3.8, 4) is 5.75 Å². The first-order valence-corrected chi connectivity index (χ1v) is 7.83. The molecule has 4 nitrogen and oxygen atoms in total. The topological polar surface area (TPSA) is 44.8 Å². The van der Waals surface area contributed by atoms with Crippen LogP contribution in [0.3, 0.4) is 0 Å². The molecule has 1 heterocycles. The molecule has 0 aliphatic carbocycles. The van der Waals surface area contributed by atoms with E-state index in [1.165, 1.54) is 19.9 Å². The number of rotatable bonds is 5. The smallest absolute Gasteiger partial charge is 0.335 e. The van der Waals surface area contributed by atoms with E-state index in [4.69, 9.17) is 14.2 Å². The molecule has 140 valence electrons. The Morgan fingerprint density at radius 3 is 2.52 bits per heavy atom. The van der Waals surface area contributed by atoms with Gasteiger partial charge in [-0.05, 0) is 19.9 Å². The molecule has 1 aliphatic rings. The number of carbonyl (C=O) groups excluding carboxylic acids is 1. The number of carbonyl (C=O) groups is 1. The number of alkyl halides is 2. The number of methoxy groups -OCH3 is 1. The summed E-state index contributed by atoms with van der Waals surface area (Å²) in [6, 6.07) is 2.07. The van der Waals surface area contributed by atoms with E-state index in [0.29, 0.717) is 0 Å². The summed E-state index contributed by atoms with van der Waals surface area (Å²) in [4.78, 5) is 12.2. The molecule has 2 rings (SSSR count). The van der Waals surface area contributed by atoms with Gasteiger partial charge in [-0.25, -0.2) is 18.0 Å². The van der Waals surface area contributed by atoms with Gasteiger partial charge in [0.2, 0.25) is 5.82 Å². The number of hydrogen-bond donors (Lipinski definition) is 0. The van der Waals surface area contributed by atoms with Crippen molar-refractivity contribution in [2.24, 2.45) is 5.92 Å². The van der Waals surface area contributed by atoms with E-state index in [0.717, 1.165) is 13.2 Å². The van der Waals surface area contributed by atoms with Crippen LogP contribution in [0.4, 0.5) is 17.6 Å². The molecule has 0 radical (unpaired) electrons. The van der Waals surface area contributed by atoms with Crippen LogP contribution in [0.1, 0.15) is 32.3 Å². The molecule has 4 atom stereocenters. The summed E-state index contributed by atoms with van der Waals surface area (Å²) in [5, 5.41) is 0. The Labute approximate surface area is 143 Å². The molecule has 0 bridgehead atoms. The quantitative estimate of drug-likeness (QED) is 0.591. The Hall–Kier alpha value is -1.83. The van der Waals surface area contributed by atoms with Crippen LogP contribution in [-0.4, -0.2) is 37.8 Å². The van der Waals surface area contributed by atoms with Gasteiger partial charge in [0.25, 0.3) is 6.43 Å². The highest BCUT2D eigenvalue weighted by atomic mass is 19.3. The highest BCUT2D eigenvalue weighted by Gasteiger charge is 2.58. The summed E-state index contributed by atoms with van der Waals surface area (Å²) < 4.78 is 69.9. The second kappa shape index (κ2) is 7.19. The Balaban J connectivity index is 2.58. The number of esters is 1. The average molecular weight is 364 g/mol. The van der Waals surface area contributed by atoms with Crippen LogP contribution < -0.4 is 4.74 Å². The van der Waals surface area contributed by atoms with Crippen LogP contribution in [-0.2, 0) is 14.3 Å². The van der Waals surface area contributed by atoms with Gasteiger partial charge >= 0.3 is 5.97 Å². The highest BCUT2D eigenvalue weighted by molar-refractivity contribution is 5.77. The lowest BCUT2D eigenvalue weighted by molar-refractivity contribution is -0.173. The maximum absolute atomic E-state index is 14.1. The zero-order valence-corrected chi connectivity index (χ0v) is 14.3. The van der Waals surface area contributed by atoms with E-state index in [-0.39, 0.29) is 12.2 Å². The van der Waals surface area contributed by atoms with E-state index < -0.39 is 53.3 Å². The fraction of sp³-hybridized carbons (Fsp3) is 0.588. The van der Waals surface area contributed by atoms with Crippen LogP contribution >= 0.6 is 0 Å². The van der Waals surface area contributed by atoms with Crippen LogP contribution in [0.25, 0.3) is 0 Å². The summed E-state index contributed by atoms with van der Waals surface area (Å²) >= 11 is 0. The maximum Gasteiger partial charge on any atom is 0.335 e. The van der Waals surface area contributed by atoms with Crippen LogP contribution in [0, 0.1) is 17.6 Å². The molecule has 1 aromatic carbocycles. The lowest BCUT2D eigenvalue weighted by atomic mass is 9.77. The minimum absolute atomic E-state index is 0.0279. The Morgan fingerprint density at radius 1 is 1.36 bits per heavy atom. The van der Waals surface area contributed by atoms with Gasteiger partial charge in [0.1, 0.15) is 5.60 Å². The zero-order valence-electron chi connectivity index (χ0n) is 14.3.